The average Bonchev–Trinajstić information content (AvgIpc) is 3.59. The lowest BCUT2D eigenvalue weighted by Gasteiger charge is -2.26. The first-order valence-corrected chi connectivity index (χ1v) is 14.7. The number of anilines is 1. The van der Waals surface area contributed by atoms with E-state index in [2.05, 4.69) is 22.4 Å². The van der Waals surface area contributed by atoms with Crippen molar-refractivity contribution in [2.45, 2.75) is 66.8 Å². The summed E-state index contributed by atoms with van der Waals surface area (Å²) in [5.41, 5.74) is 6.72. The molecule has 0 saturated carbocycles. The number of aromatic nitrogens is 4. The minimum atomic E-state index is -0.190. The van der Waals surface area contributed by atoms with E-state index in [-0.39, 0.29) is 23.0 Å². The van der Waals surface area contributed by atoms with Crippen molar-refractivity contribution in [3.63, 3.8) is 0 Å². The van der Waals surface area contributed by atoms with E-state index >= 15 is 0 Å². The number of hydrogen-bond acceptors (Lipinski definition) is 7. The molecular weight excluding hydrogens is 535 g/mol. The highest BCUT2D eigenvalue weighted by Gasteiger charge is 2.44. The number of amides is 1. The van der Waals surface area contributed by atoms with E-state index in [1.807, 2.05) is 4.40 Å². The second-order valence-electron chi connectivity index (χ2n) is 9.12. The van der Waals surface area contributed by atoms with Gasteiger partial charge in [0.25, 0.3) is 0 Å². The van der Waals surface area contributed by atoms with E-state index < -0.39 is 0 Å². The van der Waals surface area contributed by atoms with E-state index in [0.29, 0.717) is 20.9 Å². The van der Waals surface area contributed by atoms with Crippen molar-refractivity contribution in [1.29, 1.82) is 0 Å². The maximum atomic E-state index is 12.5. The summed E-state index contributed by atoms with van der Waals surface area (Å²) in [6.45, 7) is 2.23. The van der Waals surface area contributed by atoms with Gasteiger partial charge in [-0.05, 0) is 55.9 Å². The number of carbonyl (C=O) groups excluding carboxylic acids is 1. The van der Waals surface area contributed by atoms with Gasteiger partial charge in [0.2, 0.25) is 5.91 Å². The molecule has 3 aromatic rings. The number of nitrogens with zero attached hydrogens (tertiary/aromatic N) is 5. The van der Waals surface area contributed by atoms with Crippen LogP contribution in [-0.4, -0.2) is 42.3 Å². The molecule has 0 bridgehead atoms. The zero-order valence-electron chi connectivity index (χ0n) is 19.6. The van der Waals surface area contributed by atoms with E-state index in [0.717, 1.165) is 35.5 Å². The summed E-state index contributed by atoms with van der Waals surface area (Å²) in [5.74, 6) is 0.210. The summed E-state index contributed by atoms with van der Waals surface area (Å²) in [7, 11) is 0. The molecule has 186 valence electrons. The molecular formula is C25H24Cl2N6OS2. The molecule has 3 aliphatic rings. The second kappa shape index (κ2) is 10.0. The molecule has 0 saturated heterocycles. The Labute approximate surface area is 227 Å². The minimum absolute atomic E-state index is 0.130. The van der Waals surface area contributed by atoms with Crippen LogP contribution in [0, 0.1) is 0 Å². The fourth-order valence-electron chi connectivity index (χ4n) is 5.16. The molecule has 7 nitrogen and oxygen atoms in total. The quantitative estimate of drug-likeness (QED) is 0.321. The summed E-state index contributed by atoms with van der Waals surface area (Å²) in [6, 6.07) is 4.97. The van der Waals surface area contributed by atoms with Gasteiger partial charge in [-0.25, -0.2) is 4.98 Å². The fraction of sp³-hybridized carbons (Fsp3) is 0.400. The first-order valence-electron chi connectivity index (χ1n) is 12.1. The second-order valence-corrected chi connectivity index (χ2v) is 12.0. The molecule has 2 atom stereocenters. The van der Waals surface area contributed by atoms with Crippen molar-refractivity contribution in [1.82, 2.24) is 19.6 Å². The topological polar surface area (TPSA) is 84.5 Å². The Morgan fingerprint density at radius 3 is 3.00 bits per heavy atom. The smallest absolute Gasteiger partial charge is 0.234 e. The number of carbonyl (C=O) groups is 1. The van der Waals surface area contributed by atoms with Crippen molar-refractivity contribution >= 4 is 69.7 Å². The van der Waals surface area contributed by atoms with Crippen LogP contribution in [0.5, 0.6) is 0 Å². The molecule has 1 amide bonds. The Kier molecular flexibility index (Phi) is 6.75. The normalized spacial score (nSPS) is 20.4. The van der Waals surface area contributed by atoms with E-state index in [9.17, 15) is 4.79 Å². The van der Waals surface area contributed by atoms with Crippen LogP contribution >= 0.6 is 46.7 Å². The van der Waals surface area contributed by atoms with Crippen LogP contribution in [-0.2, 0) is 4.79 Å². The number of benzene rings is 1. The number of thioether (sulfide) groups is 2. The summed E-state index contributed by atoms with van der Waals surface area (Å²) in [6.07, 6.45) is 8.68. The van der Waals surface area contributed by atoms with Crippen LogP contribution in [0.4, 0.5) is 5.69 Å². The zero-order chi connectivity index (χ0) is 24.8. The molecule has 0 radical (unpaired) electrons. The average molecular weight is 560 g/mol. The van der Waals surface area contributed by atoms with E-state index in [4.69, 9.17) is 33.2 Å². The summed E-state index contributed by atoms with van der Waals surface area (Å²) < 4.78 is 1.88. The summed E-state index contributed by atoms with van der Waals surface area (Å²) in [4.78, 5) is 23.7. The van der Waals surface area contributed by atoms with Gasteiger partial charge < -0.3 is 5.32 Å². The summed E-state index contributed by atoms with van der Waals surface area (Å²) in [5, 5.41) is 13.3. The molecule has 0 unspecified atom stereocenters. The largest absolute Gasteiger partial charge is 0.324 e. The monoisotopic (exact) mass is 558 g/mol. The zero-order valence-corrected chi connectivity index (χ0v) is 22.8. The van der Waals surface area contributed by atoms with Crippen LogP contribution < -0.4 is 5.32 Å². The van der Waals surface area contributed by atoms with Crippen molar-refractivity contribution in [3.05, 3.63) is 51.4 Å². The maximum absolute atomic E-state index is 12.5. The third kappa shape index (κ3) is 4.34. The Morgan fingerprint density at radius 2 is 2.17 bits per heavy atom. The molecule has 0 spiro atoms. The van der Waals surface area contributed by atoms with E-state index in [1.165, 1.54) is 47.9 Å². The number of nitrogens with one attached hydrogen (secondary N) is 1. The van der Waals surface area contributed by atoms with Gasteiger partial charge in [0.1, 0.15) is 11.7 Å². The van der Waals surface area contributed by atoms with Crippen LogP contribution in [0.3, 0.4) is 0 Å². The predicted octanol–water partition coefficient (Wildman–Crippen LogP) is 6.80. The molecule has 1 aromatic carbocycles. The number of unbranched alkanes of at least 4 members (excludes halogenated alkanes) is 1. The summed E-state index contributed by atoms with van der Waals surface area (Å²) >= 11 is 15.2. The lowest BCUT2D eigenvalue weighted by Crippen LogP contribution is -2.21. The van der Waals surface area contributed by atoms with Crippen molar-refractivity contribution in [2.24, 2.45) is 4.99 Å². The van der Waals surface area contributed by atoms with Crippen molar-refractivity contribution < 1.29 is 4.79 Å². The van der Waals surface area contributed by atoms with Crippen molar-refractivity contribution in [3.8, 4) is 0 Å². The lowest BCUT2D eigenvalue weighted by atomic mass is 9.87. The minimum Gasteiger partial charge on any atom is -0.324 e. The molecule has 4 heterocycles. The van der Waals surface area contributed by atoms with Crippen LogP contribution in [0.2, 0.25) is 10.0 Å². The standard InChI is InChI=1S/C25H24Cl2N6OS2/c1-2-3-7-17-14-5-4-6-15(14)20-21-22(36-24(20)30-17)23-31-32-25(33(23)12-28-21)35-11-19(34)29-18-9-8-13(26)10-16(18)27/h8-10,12,20,24H,2-7,11H2,1H3,(H,29,34)/t20-,24-/m0/s1. The number of halogens is 2. The molecule has 36 heavy (non-hydrogen) atoms. The van der Waals surface area contributed by atoms with Crippen molar-refractivity contribution in [2.75, 3.05) is 11.1 Å². The van der Waals surface area contributed by atoms with E-state index in [1.54, 1.807) is 36.3 Å². The van der Waals surface area contributed by atoms with Gasteiger partial charge in [-0.2, -0.15) is 0 Å². The van der Waals surface area contributed by atoms with Gasteiger partial charge in [-0.15, -0.1) is 10.2 Å². The molecule has 1 N–H and O–H groups in total. The number of dihydropyridines is 1. The third-order valence-corrected chi connectivity index (χ3v) is 9.54. The molecule has 6 rings (SSSR count). The third-order valence-electron chi connectivity index (χ3n) is 6.80. The Bertz CT molecular complexity index is 1440. The van der Waals surface area contributed by atoms with Gasteiger partial charge in [0.15, 0.2) is 10.8 Å². The number of rotatable bonds is 7. The number of allylic oxidation sites excluding steroid dienone is 1. The Hall–Kier alpha value is -2.07. The number of hydrogen-bond donors (Lipinski definition) is 1. The molecule has 1 aliphatic carbocycles. The molecule has 2 aliphatic heterocycles. The highest BCUT2D eigenvalue weighted by molar-refractivity contribution is 8.00. The number of aliphatic imine (C=N–C) groups is 1. The maximum Gasteiger partial charge on any atom is 0.234 e. The van der Waals surface area contributed by atoms with Crippen LogP contribution in [0.1, 0.15) is 57.1 Å². The predicted molar refractivity (Wildman–Crippen MR) is 147 cm³/mol. The fourth-order valence-corrected chi connectivity index (χ4v) is 7.72. The van der Waals surface area contributed by atoms with Crippen LogP contribution in [0.15, 0.2) is 50.7 Å². The van der Waals surface area contributed by atoms with Gasteiger partial charge in [-0.1, -0.05) is 65.6 Å². The van der Waals surface area contributed by atoms with Crippen LogP contribution in [0.25, 0.3) is 5.65 Å². The van der Waals surface area contributed by atoms with Gasteiger partial charge in [0.05, 0.1) is 33.0 Å². The van der Waals surface area contributed by atoms with Gasteiger partial charge in [0, 0.05) is 10.7 Å². The molecule has 0 fully saturated rings. The molecule has 11 heteroatoms. The van der Waals surface area contributed by atoms with Gasteiger partial charge >= 0.3 is 0 Å². The Balaban J connectivity index is 1.22. The lowest BCUT2D eigenvalue weighted by molar-refractivity contribution is -0.113. The number of fused-ring (bicyclic) bond motifs is 6. The SMILES string of the molecule is CCCCC1=N[C@H]2Sc3c(ncn4c(SCC(=O)Nc5ccc(Cl)cc5Cl)nnc34)[C@@H]2C2=C1CCC2. The molecule has 2 aromatic heterocycles. The Morgan fingerprint density at radius 1 is 1.28 bits per heavy atom. The highest BCUT2D eigenvalue weighted by Crippen LogP contribution is 2.55. The van der Waals surface area contributed by atoms with Gasteiger partial charge in [-0.3, -0.25) is 14.2 Å². The first kappa shape index (κ1) is 24.3. The first-order chi connectivity index (χ1) is 17.5. The highest BCUT2D eigenvalue weighted by atomic mass is 35.5.